The zero-order valence-corrected chi connectivity index (χ0v) is 40.6. The Morgan fingerprint density at radius 3 is 1.25 bits per heavy atom. The van der Waals surface area contributed by atoms with Gasteiger partial charge in [0.05, 0.1) is 38.8 Å². The van der Waals surface area contributed by atoms with Gasteiger partial charge < -0.3 is 9.13 Å². The molecule has 0 aliphatic carbocycles. The van der Waals surface area contributed by atoms with Crippen molar-refractivity contribution in [1.29, 1.82) is 0 Å². The summed E-state index contributed by atoms with van der Waals surface area (Å²) in [5.41, 5.74) is 17.1. The minimum absolute atomic E-state index is 0.524. The summed E-state index contributed by atoms with van der Waals surface area (Å²) in [6.45, 7) is 0. The Hall–Kier alpha value is -10.2. The van der Waals surface area contributed by atoms with E-state index in [1.807, 2.05) is 0 Å². The number of aromatic nitrogens is 6. The van der Waals surface area contributed by atoms with Crippen LogP contribution in [0.15, 0.2) is 267 Å². The molecule has 0 spiro atoms. The molecule has 0 fully saturated rings. The maximum absolute atomic E-state index is 5.60. The zero-order valence-electron chi connectivity index (χ0n) is 40.6. The summed E-state index contributed by atoms with van der Waals surface area (Å²) >= 11 is 0. The highest BCUT2D eigenvalue weighted by atomic mass is 15.2. The van der Waals surface area contributed by atoms with Crippen LogP contribution in [0.4, 0.5) is 0 Å². The fraction of sp³-hybridized carbons (Fsp3) is 0. The molecule has 0 N–H and O–H groups in total. The SMILES string of the molecule is c1ccc(-c2cccc(-c3nc(-c4cccc(-c5ccccc5)c4)nc(-n4c5ccc(-n6c7ccccc7c7ccccc76)cc5c5ccc6c7ccccc7n(-c7ccccc7-c7ccccc7)c6c54)n3)c2)cc1. The van der Waals surface area contributed by atoms with Gasteiger partial charge in [0.25, 0.3) is 0 Å². The van der Waals surface area contributed by atoms with Gasteiger partial charge >= 0.3 is 0 Å². The molecule has 0 atom stereocenters. The molecule has 75 heavy (non-hydrogen) atoms. The number of nitrogens with zero attached hydrogens (tertiary/aromatic N) is 6. The molecule has 15 aromatic rings. The van der Waals surface area contributed by atoms with E-state index in [1.54, 1.807) is 0 Å². The van der Waals surface area contributed by atoms with Crippen molar-refractivity contribution < 1.29 is 0 Å². The van der Waals surface area contributed by atoms with E-state index in [9.17, 15) is 0 Å². The van der Waals surface area contributed by atoms with Gasteiger partial charge in [-0.2, -0.15) is 9.97 Å². The fourth-order valence-electron chi connectivity index (χ4n) is 11.5. The monoisotopic (exact) mass is 956 g/mol. The lowest BCUT2D eigenvalue weighted by Gasteiger charge is -2.16. The van der Waals surface area contributed by atoms with Crippen molar-refractivity contribution in [3.05, 3.63) is 267 Å². The van der Waals surface area contributed by atoms with Gasteiger partial charge in [0.15, 0.2) is 11.6 Å². The summed E-state index contributed by atoms with van der Waals surface area (Å²) in [4.78, 5) is 16.6. The number of benzene rings is 11. The summed E-state index contributed by atoms with van der Waals surface area (Å²) < 4.78 is 7.17. The van der Waals surface area contributed by atoms with Crippen molar-refractivity contribution in [3.8, 4) is 73.5 Å². The standard InChI is InChI=1S/C69H44N6/c1-4-20-45(21-5-1)48-26-18-28-50(42-48)67-70-68(51-29-19-27-49(43-51)46-22-6-2-7-23-46)72-69(71-67)75-64-41-38-52(73-61-35-15-11-31-54(61)55-32-12-16-36-62(55)73)44-59(64)58-40-39-57-56-33-13-17-37-63(56)74(65(57)66(58)75)60-34-14-10-30-53(60)47-24-8-3-9-25-47/h1-44H. The Labute approximate surface area is 432 Å². The van der Waals surface area contributed by atoms with Crippen LogP contribution in [0, 0.1) is 0 Å². The molecular formula is C69H44N6. The molecule has 0 unspecified atom stereocenters. The van der Waals surface area contributed by atoms with E-state index in [0.29, 0.717) is 17.6 Å². The van der Waals surface area contributed by atoms with Crippen molar-refractivity contribution in [2.45, 2.75) is 0 Å². The lowest BCUT2D eigenvalue weighted by Crippen LogP contribution is -2.07. The van der Waals surface area contributed by atoms with Crippen molar-refractivity contribution >= 4 is 65.4 Å². The molecule has 0 saturated carbocycles. The molecule has 350 valence electrons. The summed E-state index contributed by atoms with van der Waals surface area (Å²) in [6, 6.07) is 95.2. The molecule has 0 saturated heterocycles. The van der Waals surface area contributed by atoms with Gasteiger partial charge in [0.1, 0.15) is 0 Å². The van der Waals surface area contributed by atoms with Gasteiger partial charge in [-0.05, 0) is 82.4 Å². The highest BCUT2D eigenvalue weighted by Crippen LogP contribution is 2.44. The molecule has 0 aliphatic heterocycles. The average molecular weight is 957 g/mol. The van der Waals surface area contributed by atoms with Crippen LogP contribution in [0.2, 0.25) is 0 Å². The third-order valence-corrected chi connectivity index (χ3v) is 14.9. The zero-order chi connectivity index (χ0) is 49.4. The first-order valence-corrected chi connectivity index (χ1v) is 25.4. The van der Waals surface area contributed by atoms with Gasteiger partial charge in [0, 0.05) is 54.7 Å². The van der Waals surface area contributed by atoms with Gasteiger partial charge in [-0.3, -0.25) is 4.57 Å². The maximum Gasteiger partial charge on any atom is 0.238 e. The van der Waals surface area contributed by atoms with E-state index in [4.69, 9.17) is 15.0 Å². The lowest BCUT2D eigenvalue weighted by atomic mass is 10.0. The first kappa shape index (κ1) is 42.5. The van der Waals surface area contributed by atoms with Gasteiger partial charge in [0.2, 0.25) is 5.95 Å². The molecule has 0 aliphatic rings. The molecule has 0 radical (unpaired) electrons. The number of hydrogen-bond acceptors (Lipinski definition) is 3. The highest BCUT2D eigenvalue weighted by molar-refractivity contribution is 6.24. The van der Waals surface area contributed by atoms with Crippen LogP contribution in [-0.2, 0) is 0 Å². The third kappa shape index (κ3) is 6.92. The topological polar surface area (TPSA) is 53.5 Å². The van der Waals surface area contributed by atoms with Crippen LogP contribution in [0.25, 0.3) is 139 Å². The Morgan fingerprint density at radius 2 is 0.667 bits per heavy atom. The molecule has 0 bridgehead atoms. The number of para-hydroxylation sites is 4. The predicted octanol–water partition coefficient (Wildman–Crippen LogP) is 17.5. The van der Waals surface area contributed by atoms with Crippen molar-refractivity contribution in [1.82, 2.24) is 28.7 Å². The van der Waals surface area contributed by atoms with Crippen LogP contribution >= 0.6 is 0 Å². The van der Waals surface area contributed by atoms with Crippen LogP contribution in [0.3, 0.4) is 0 Å². The number of hydrogen-bond donors (Lipinski definition) is 0. The number of rotatable bonds is 8. The van der Waals surface area contributed by atoms with Crippen LogP contribution in [0.1, 0.15) is 0 Å². The molecule has 4 heterocycles. The molecule has 6 nitrogen and oxygen atoms in total. The fourth-order valence-corrected chi connectivity index (χ4v) is 11.5. The Balaban J connectivity index is 1.08. The maximum atomic E-state index is 5.60. The largest absolute Gasteiger partial charge is 0.309 e. The van der Waals surface area contributed by atoms with Gasteiger partial charge in [-0.1, -0.05) is 212 Å². The molecular weight excluding hydrogens is 913 g/mol. The van der Waals surface area contributed by atoms with Gasteiger partial charge in [-0.25, -0.2) is 4.98 Å². The van der Waals surface area contributed by atoms with E-state index in [1.165, 1.54) is 10.8 Å². The second kappa shape index (κ2) is 17.3. The predicted molar refractivity (Wildman–Crippen MR) is 310 cm³/mol. The summed E-state index contributed by atoms with van der Waals surface area (Å²) in [5.74, 6) is 1.68. The summed E-state index contributed by atoms with van der Waals surface area (Å²) in [7, 11) is 0. The third-order valence-electron chi connectivity index (χ3n) is 14.9. The Kier molecular flexibility index (Phi) is 9.78. The molecule has 0 amide bonds. The number of fused-ring (bicyclic) bond motifs is 10. The first-order chi connectivity index (χ1) is 37.2. The van der Waals surface area contributed by atoms with Crippen molar-refractivity contribution in [2.24, 2.45) is 0 Å². The highest BCUT2D eigenvalue weighted by Gasteiger charge is 2.26. The molecule has 6 heteroatoms. The normalized spacial score (nSPS) is 11.7. The van der Waals surface area contributed by atoms with E-state index in [-0.39, 0.29) is 0 Å². The van der Waals surface area contributed by atoms with E-state index >= 15 is 0 Å². The summed E-state index contributed by atoms with van der Waals surface area (Å²) in [5, 5.41) is 6.90. The second-order valence-corrected chi connectivity index (χ2v) is 19.2. The average Bonchev–Trinajstić information content (AvgIpc) is 4.22. The van der Waals surface area contributed by atoms with E-state index in [2.05, 4.69) is 281 Å². The lowest BCUT2D eigenvalue weighted by molar-refractivity contribution is 0.953. The molecule has 15 rings (SSSR count). The van der Waals surface area contributed by atoms with Crippen molar-refractivity contribution in [3.63, 3.8) is 0 Å². The van der Waals surface area contributed by atoms with Crippen LogP contribution < -0.4 is 0 Å². The molecule has 4 aromatic heterocycles. The second-order valence-electron chi connectivity index (χ2n) is 19.2. The van der Waals surface area contributed by atoms with Gasteiger partial charge in [-0.15, -0.1) is 0 Å². The Morgan fingerprint density at radius 1 is 0.240 bits per heavy atom. The van der Waals surface area contributed by atoms with E-state index in [0.717, 1.165) is 111 Å². The summed E-state index contributed by atoms with van der Waals surface area (Å²) in [6.07, 6.45) is 0. The minimum atomic E-state index is 0.524. The van der Waals surface area contributed by atoms with Crippen molar-refractivity contribution in [2.75, 3.05) is 0 Å². The Bertz CT molecular complexity index is 4550. The quantitative estimate of drug-likeness (QED) is 0.152. The van der Waals surface area contributed by atoms with E-state index < -0.39 is 0 Å². The van der Waals surface area contributed by atoms with Crippen LogP contribution in [0.5, 0.6) is 0 Å². The van der Waals surface area contributed by atoms with Crippen LogP contribution in [-0.4, -0.2) is 28.7 Å². The smallest absolute Gasteiger partial charge is 0.238 e. The molecule has 11 aromatic carbocycles. The minimum Gasteiger partial charge on any atom is -0.309 e. The first-order valence-electron chi connectivity index (χ1n) is 25.4.